The zero-order chi connectivity index (χ0) is 22.2. The molecule has 0 saturated carbocycles. The molecule has 30 heavy (non-hydrogen) atoms. The number of carbonyl (C=O) groups excluding carboxylic acids is 1. The minimum atomic E-state index is -1.57. The van der Waals surface area contributed by atoms with E-state index in [0.717, 1.165) is 0 Å². The van der Waals surface area contributed by atoms with Crippen LogP contribution in [0.15, 0.2) is 6.07 Å². The first-order valence-corrected chi connectivity index (χ1v) is 9.80. The van der Waals surface area contributed by atoms with Gasteiger partial charge in [0.1, 0.15) is 24.4 Å². The maximum Gasteiger partial charge on any atom is 0.186 e. The lowest BCUT2D eigenvalue weighted by Crippen LogP contribution is -2.59. The summed E-state index contributed by atoms with van der Waals surface area (Å²) in [6.07, 6.45) is -7.90. The molecule has 0 unspecified atom stereocenters. The first-order chi connectivity index (χ1) is 14.3. The van der Waals surface area contributed by atoms with Gasteiger partial charge < -0.3 is 45.2 Å². The Morgan fingerprint density at radius 3 is 2.30 bits per heavy atom. The molecule has 168 valence electrons. The number of aliphatic hydroxyl groups excluding tert-OH is 7. The highest BCUT2D eigenvalue weighted by atomic mass is 16.7. The fourth-order valence-electron chi connectivity index (χ4n) is 4.14. The molecule has 1 fully saturated rings. The van der Waals surface area contributed by atoms with Crippen molar-refractivity contribution in [3.8, 4) is 0 Å². The summed E-state index contributed by atoms with van der Waals surface area (Å²) in [6, 6.07) is 1.55. The number of fused-ring (bicyclic) bond motifs is 1. The van der Waals surface area contributed by atoms with Gasteiger partial charge in [0.15, 0.2) is 12.1 Å². The van der Waals surface area contributed by atoms with Crippen molar-refractivity contribution in [1.29, 1.82) is 0 Å². The second-order valence-electron chi connectivity index (χ2n) is 7.69. The lowest BCUT2D eigenvalue weighted by atomic mass is 9.91. The summed E-state index contributed by atoms with van der Waals surface area (Å²) in [6.45, 7) is 0.0751. The number of benzene rings is 1. The van der Waals surface area contributed by atoms with Gasteiger partial charge in [-0.25, -0.2) is 0 Å². The Morgan fingerprint density at radius 1 is 1.00 bits per heavy atom. The standard InChI is InChI=1S/C20H28O10/c1-8-15(24)11-4-9(5-21)10(12(6-22)14(11)16(8)25)2-3-29-20-19(28)18(27)17(26)13(7-23)30-20/h4,8,13,15,17-24,26-28H,2-3,5-7H2,1H3/t8-,13+,15+,17+,18+,19-,20-/m1/s1. The lowest BCUT2D eigenvalue weighted by Gasteiger charge is -2.39. The third kappa shape index (κ3) is 3.91. The quantitative estimate of drug-likeness (QED) is 0.254. The largest absolute Gasteiger partial charge is 0.394 e. The first-order valence-electron chi connectivity index (χ1n) is 9.80. The molecule has 7 N–H and O–H groups in total. The zero-order valence-electron chi connectivity index (χ0n) is 16.5. The van der Waals surface area contributed by atoms with Crippen LogP contribution in [0, 0.1) is 5.92 Å². The van der Waals surface area contributed by atoms with Gasteiger partial charge in [0.05, 0.1) is 32.5 Å². The van der Waals surface area contributed by atoms with Crippen LogP contribution in [0.5, 0.6) is 0 Å². The number of Topliss-reactive ketones (excluding diaryl/α,β-unsaturated/α-hetero) is 1. The van der Waals surface area contributed by atoms with Crippen LogP contribution in [-0.2, 0) is 29.1 Å². The molecule has 1 aliphatic carbocycles. The predicted octanol–water partition coefficient (Wildman–Crippen LogP) is -2.10. The minimum absolute atomic E-state index is 0.0756. The minimum Gasteiger partial charge on any atom is -0.394 e. The molecule has 7 atom stereocenters. The van der Waals surface area contributed by atoms with E-state index in [-0.39, 0.29) is 31.0 Å². The van der Waals surface area contributed by atoms with Crippen LogP contribution in [0.4, 0.5) is 0 Å². The molecule has 1 saturated heterocycles. The Kier molecular flexibility index (Phi) is 7.23. The third-order valence-corrected chi connectivity index (χ3v) is 5.94. The average molecular weight is 428 g/mol. The molecule has 0 amide bonds. The molecule has 0 aromatic heterocycles. The molecular formula is C20H28O10. The van der Waals surface area contributed by atoms with Crippen molar-refractivity contribution in [3.63, 3.8) is 0 Å². The summed E-state index contributed by atoms with van der Waals surface area (Å²) in [7, 11) is 0. The van der Waals surface area contributed by atoms with Crippen molar-refractivity contribution in [2.75, 3.05) is 13.2 Å². The monoisotopic (exact) mass is 428 g/mol. The number of ether oxygens (including phenoxy) is 2. The molecule has 0 radical (unpaired) electrons. The Bertz CT molecular complexity index is 779. The molecule has 1 aliphatic heterocycles. The van der Waals surface area contributed by atoms with Crippen molar-refractivity contribution in [2.24, 2.45) is 5.92 Å². The van der Waals surface area contributed by atoms with Crippen LogP contribution in [-0.4, -0.2) is 85.4 Å². The Labute approximate surface area is 172 Å². The highest BCUT2D eigenvalue weighted by Gasteiger charge is 2.44. The molecule has 2 aliphatic rings. The molecule has 10 nitrogen and oxygen atoms in total. The van der Waals surface area contributed by atoms with E-state index in [1.807, 2.05) is 0 Å². The predicted molar refractivity (Wildman–Crippen MR) is 100 cm³/mol. The van der Waals surface area contributed by atoms with Crippen LogP contribution in [0.3, 0.4) is 0 Å². The number of aliphatic hydroxyl groups is 7. The summed E-state index contributed by atoms with van der Waals surface area (Å²) in [4.78, 5) is 12.5. The highest BCUT2D eigenvalue weighted by Crippen LogP contribution is 2.40. The molecule has 1 heterocycles. The molecule has 1 aromatic rings. The lowest BCUT2D eigenvalue weighted by molar-refractivity contribution is -0.300. The van der Waals surface area contributed by atoms with E-state index in [4.69, 9.17) is 9.47 Å². The molecule has 1 aromatic carbocycles. The van der Waals surface area contributed by atoms with Crippen molar-refractivity contribution in [2.45, 2.75) is 63.4 Å². The van der Waals surface area contributed by atoms with E-state index in [1.165, 1.54) is 0 Å². The highest BCUT2D eigenvalue weighted by molar-refractivity contribution is 6.04. The van der Waals surface area contributed by atoms with E-state index in [2.05, 4.69) is 0 Å². The first kappa shape index (κ1) is 23.2. The van der Waals surface area contributed by atoms with Gasteiger partial charge in [0.25, 0.3) is 0 Å². The zero-order valence-corrected chi connectivity index (χ0v) is 16.5. The number of carbonyl (C=O) groups is 1. The van der Waals surface area contributed by atoms with E-state index >= 15 is 0 Å². The van der Waals surface area contributed by atoms with Crippen molar-refractivity contribution < 1.29 is 50.0 Å². The smallest absolute Gasteiger partial charge is 0.186 e. The van der Waals surface area contributed by atoms with Gasteiger partial charge >= 0.3 is 0 Å². The van der Waals surface area contributed by atoms with Crippen molar-refractivity contribution in [1.82, 2.24) is 0 Å². The van der Waals surface area contributed by atoms with Gasteiger partial charge in [0, 0.05) is 11.5 Å². The molecule has 0 bridgehead atoms. The summed E-state index contributed by atoms with van der Waals surface area (Å²) >= 11 is 0. The number of rotatable bonds is 7. The van der Waals surface area contributed by atoms with Crippen LogP contribution < -0.4 is 0 Å². The second kappa shape index (κ2) is 9.35. The average Bonchev–Trinajstić information content (AvgIpc) is 2.96. The normalized spacial score (nSPS) is 33.7. The van der Waals surface area contributed by atoms with Crippen LogP contribution in [0.25, 0.3) is 0 Å². The van der Waals surface area contributed by atoms with Crippen LogP contribution >= 0.6 is 0 Å². The fraction of sp³-hybridized carbons (Fsp3) is 0.650. The molecular weight excluding hydrogens is 400 g/mol. The second-order valence-corrected chi connectivity index (χ2v) is 7.69. The van der Waals surface area contributed by atoms with Crippen molar-refractivity contribution >= 4 is 5.78 Å². The van der Waals surface area contributed by atoms with Crippen LogP contribution in [0.1, 0.15) is 45.6 Å². The number of ketones is 1. The molecule has 0 spiro atoms. The van der Waals surface area contributed by atoms with Crippen molar-refractivity contribution in [3.05, 3.63) is 33.9 Å². The van der Waals surface area contributed by atoms with Gasteiger partial charge in [0.2, 0.25) is 0 Å². The number of hydrogen-bond donors (Lipinski definition) is 7. The van der Waals surface area contributed by atoms with Gasteiger partial charge in [-0.3, -0.25) is 4.79 Å². The number of hydrogen-bond acceptors (Lipinski definition) is 10. The summed E-state index contributed by atoms with van der Waals surface area (Å²) in [5, 5.41) is 68.9. The third-order valence-electron chi connectivity index (χ3n) is 5.94. The SMILES string of the molecule is C[C@H]1C(=O)c2c(cc(CO)c(CCO[C@@H]3O[C@@H](CO)[C@H](O)[C@H](O)[C@H]3O)c2CO)[C@H]1O. The van der Waals surface area contributed by atoms with Gasteiger partial charge in [-0.1, -0.05) is 6.92 Å². The van der Waals surface area contributed by atoms with Gasteiger partial charge in [-0.15, -0.1) is 0 Å². The summed E-state index contributed by atoms with van der Waals surface area (Å²) < 4.78 is 10.8. The van der Waals surface area contributed by atoms with E-state index in [1.54, 1.807) is 13.0 Å². The van der Waals surface area contributed by atoms with Crippen LogP contribution in [0.2, 0.25) is 0 Å². The summed E-state index contributed by atoms with van der Waals surface area (Å²) in [5.74, 6) is -0.945. The van der Waals surface area contributed by atoms with Gasteiger partial charge in [-0.05, 0) is 34.7 Å². The topological polar surface area (TPSA) is 177 Å². The van der Waals surface area contributed by atoms with Gasteiger partial charge in [-0.2, -0.15) is 0 Å². The Hall–Kier alpha value is -1.47. The fourth-order valence-corrected chi connectivity index (χ4v) is 4.14. The maximum atomic E-state index is 12.5. The molecule has 10 heteroatoms. The maximum absolute atomic E-state index is 12.5. The van der Waals surface area contributed by atoms with E-state index < -0.39 is 55.9 Å². The van der Waals surface area contributed by atoms with E-state index in [9.17, 15) is 40.5 Å². The summed E-state index contributed by atoms with van der Waals surface area (Å²) in [5.41, 5.74) is 1.84. The molecule has 3 rings (SSSR count). The Morgan fingerprint density at radius 2 is 1.70 bits per heavy atom. The van der Waals surface area contributed by atoms with E-state index in [0.29, 0.717) is 22.3 Å². The Balaban J connectivity index is 1.80.